The van der Waals surface area contributed by atoms with Crippen LogP contribution >= 0.6 is 11.6 Å². The van der Waals surface area contributed by atoms with Crippen molar-refractivity contribution in [3.05, 3.63) is 29.3 Å². The van der Waals surface area contributed by atoms with Crippen LogP contribution in [0.1, 0.15) is 20.8 Å². The summed E-state index contributed by atoms with van der Waals surface area (Å²) in [5.41, 5.74) is 7.20. The maximum atomic E-state index is 11.8. The van der Waals surface area contributed by atoms with Crippen LogP contribution in [0.3, 0.4) is 0 Å². The van der Waals surface area contributed by atoms with E-state index in [0.717, 1.165) is 5.56 Å². The quantitative estimate of drug-likeness (QED) is 0.883. The summed E-state index contributed by atoms with van der Waals surface area (Å²) in [5, 5.41) is 7.30. The van der Waals surface area contributed by atoms with Crippen LogP contribution in [0.25, 0.3) is 11.3 Å². The number of nitrogens with two attached hydrogens (primary N) is 1. The molecular weight excluding hydrogens is 304 g/mol. The summed E-state index contributed by atoms with van der Waals surface area (Å²) in [6.07, 6.45) is -0.552. The number of amides is 1. The molecule has 2 rings (SSSR count). The number of halogens is 1. The van der Waals surface area contributed by atoms with Crippen molar-refractivity contribution in [3.63, 3.8) is 0 Å². The molecule has 1 aromatic heterocycles. The summed E-state index contributed by atoms with van der Waals surface area (Å²) in [5.74, 6) is 0.557. The van der Waals surface area contributed by atoms with Crippen LogP contribution in [0.5, 0.6) is 0 Å². The predicted molar refractivity (Wildman–Crippen MR) is 87.9 cm³/mol. The van der Waals surface area contributed by atoms with Gasteiger partial charge >= 0.3 is 6.09 Å². The topological polar surface area (TPSA) is 82.2 Å². The molecule has 3 N–H and O–H groups in total. The lowest BCUT2D eigenvalue weighted by Gasteiger charge is -2.20. The second-order valence-corrected chi connectivity index (χ2v) is 6.31. The van der Waals surface area contributed by atoms with Gasteiger partial charge in [-0.3, -0.25) is 10.00 Å². The molecule has 6 nitrogen and oxygen atoms in total. The summed E-state index contributed by atoms with van der Waals surface area (Å²) in [6.45, 7) is 5.38. The number of carbonyl (C=O) groups is 1. The molecule has 0 unspecified atom stereocenters. The van der Waals surface area contributed by atoms with Gasteiger partial charge in [0.15, 0.2) is 0 Å². The third kappa shape index (κ3) is 3.92. The highest BCUT2D eigenvalue weighted by Crippen LogP contribution is 2.29. The van der Waals surface area contributed by atoms with Gasteiger partial charge in [0.1, 0.15) is 11.4 Å². The Morgan fingerprint density at radius 2 is 2.05 bits per heavy atom. The molecule has 1 amide bonds. The summed E-state index contributed by atoms with van der Waals surface area (Å²) in [7, 11) is 1.76. The Labute approximate surface area is 134 Å². The zero-order valence-corrected chi connectivity index (χ0v) is 13.7. The maximum Gasteiger partial charge on any atom is 0.412 e. The van der Waals surface area contributed by atoms with E-state index in [1.54, 1.807) is 56.8 Å². The third-order valence-electron chi connectivity index (χ3n) is 2.82. The van der Waals surface area contributed by atoms with E-state index in [0.29, 0.717) is 22.2 Å². The molecule has 0 aliphatic carbocycles. The Morgan fingerprint density at radius 3 is 2.55 bits per heavy atom. The smallest absolute Gasteiger partial charge is 0.412 e. The van der Waals surface area contributed by atoms with E-state index in [9.17, 15) is 4.79 Å². The summed E-state index contributed by atoms with van der Waals surface area (Å²) in [4.78, 5) is 11.8. The van der Waals surface area contributed by atoms with E-state index in [1.165, 1.54) is 0 Å². The first-order valence-corrected chi connectivity index (χ1v) is 7.13. The number of anilines is 2. The summed E-state index contributed by atoms with van der Waals surface area (Å²) in [6, 6.07) is 6.98. The van der Waals surface area contributed by atoms with E-state index >= 15 is 0 Å². The van der Waals surface area contributed by atoms with E-state index in [4.69, 9.17) is 22.1 Å². The number of hydrogen-bond donors (Lipinski definition) is 2. The zero-order chi connectivity index (χ0) is 16.5. The van der Waals surface area contributed by atoms with Crippen LogP contribution < -0.4 is 11.1 Å². The Kier molecular flexibility index (Phi) is 4.32. The van der Waals surface area contributed by atoms with Crippen LogP contribution in [0.15, 0.2) is 24.3 Å². The van der Waals surface area contributed by atoms with Crippen LogP contribution in [-0.4, -0.2) is 21.5 Å². The van der Waals surface area contributed by atoms with Gasteiger partial charge in [-0.15, -0.1) is 0 Å². The van der Waals surface area contributed by atoms with E-state index in [2.05, 4.69) is 10.4 Å². The van der Waals surface area contributed by atoms with Crippen LogP contribution in [0.2, 0.25) is 5.02 Å². The molecule has 1 aromatic carbocycles. The van der Waals surface area contributed by atoms with Gasteiger partial charge in [-0.25, -0.2) is 4.79 Å². The highest BCUT2D eigenvalue weighted by molar-refractivity contribution is 6.34. The minimum absolute atomic E-state index is 0.396. The van der Waals surface area contributed by atoms with E-state index < -0.39 is 11.7 Å². The molecule has 0 saturated heterocycles. The molecule has 0 saturated carbocycles. The Morgan fingerprint density at radius 1 is 1.36 bits per heavy atom. The number of carbonyl (C=O) groups excluding carboxylic acids is 1. The lowest BCUT2D eigenvalue weighted by Crippen LogP contribution is -2.27. The van der Waals surface area contributed by atoms with Crippen molar-refractivity contribution in [3.8, 4) is 11.3 Å². The van der Waals surface area contributed by atoms with E-state index in [1.807, 2.05) is 0 Å². The normalized spacial score (nSPS) is 11.3. The highest BCUT2D eigenvalue weighted by Gasteiger charge is 2.17. The van der Waals surface area contributed by atoms with Gasteiger partial charge in [-0.05, 0) is 32.9 Å². The first-order valence-electron chi connectivity index (χ1n) is 6.75. The second-order valence-electron chi connectivity index (χ2n) is 5.90. The minimum atomic E-state index is -0.567. The fourth-order valence-corrected chi connectivity index (χ4v) is 2.04. The molecule has 7 heteroatoms. The largest absolute Gasteiger partial charge is 0.444 e. The van der Waals surface area contributed by atoms with Gasteiger partial charge in [0.05, 0.1) is 16.4 Å². The molecule has 0 atom stereocenters. The molecule has 22 heavy (non-hydrogen) atoms. The van der Waals surface area contributed by atoms with Crippen molar-refractivity contribution in [1.82, 2.24) is 9.78 Å². The molecule has 1 heterocycles. The van der Waals surface area contributed by atoms with Gasteiger partial charge in [-0.1, -0.05) is 17.7 Å². The zero-order valence-electron chi connectivity index (χ0n) is 13.0. The van der Waals surface area contributed by atoms with Crippen molar-refractivity contribution in [2.24, 2.45) is 7.05 Å². The van der Waals surface area contributed by atoms with Gasteiger partial charge in [-0.2, -0.15) is 5.10 Å². The lowest BCUT2D eigenvalue weighted by atomic mass is 10.1. The minimum Gasteiger partial charge on any atom is -0.444 e. The van der Waals surface area contributed by atoms with Crippen molar-refractivity contribution in [2.45, 2.75) is 26.4 Å². The van der Waals surface area contributed by atoms with Gasteiger partial charge in [0.2, 0.25) is 0 Å². The van der Waals surface area contributed by atoms with Crippen LogP contribution in [0.4, 0.5) is 16.3 Å². The first-order chi connectivity index (χ1) is 10.2. The molecule has 0 bridgehead atoms. The molecule has 0 spiro atoms. The van der Waals surface area contributed by atoms with Crippen molar-refractivity contribution < 1.29 is 9.53 Å². The molecule has 0 radical (unpaired) electrons. The van der Waals surface area contributed by atoms with E-state index in [-0.39, 0.29) is 0 Å². The predicted octanol–water partition coefficient (Wildman–Crippen LogP) is 3.67. The monoisotopic (exact) mass is 322 g/mol. The van der Waals surface area contributed by atoms with Crippen molar-refractivity contribution in [2.75, 3.05) is 11.1 Å². The maximum absolute atomic E-state index is 11.8. The summed E-state index contributed by atoms with van der Waals surface area (Å²) < 4.78 is 6.77. The lowest BCUT2D eigenvalue weighted by molar-refractivity contribution is 0.0636. The Balaban J connectivity index is 2.18. The second kappa shape index (κ2) is 5.88. The Bertz CT molecular complexity index is 685. The number of nitrogens with zero attached hydrogens (tertiary/aromatic N) is 2. The number of hydrogen-bond acceptors (Lipinski definition) is 4. The molecule has 0 aliphatic rings. The third-order valence-corrected chi connectivity index (χ3v) is 3.13. The summed E-state index contributed by atoms with van der Waals surface area (Å²) >= 11 is 6.21. The molecule has 2 aromatic rings. The highest BCUT2D eigenvalue weighted by atomic mass is 35.5. The average molecular weight is 323 g/mol. The fraction of sp³-hybridized carbons (Fsp3) is 0.333. The van der Waals surface area contributed by atoms with Crippen LogP contribution in [0, 0.1) is 0 Å². The number of ether oxygens (including phenoxy) is 1. The van der Waals surface area contributed by atoms with Crippen LogP contribution in [-0.2, 0) is 11.8 Å². The molecule has 0 fully saturated rings. The van der Waals surface area contributed by atoms with Crippen molar-refractivity contribution in [1.29, 1.82) is 0 Å². The number of aryl methyl sites for hydroxylation is 1. The molecule has 0 aliphatic heterocycles. The SMILES string of the molecule is Cn1nc(-c2ccc(NC(=O)OC(C)(C)C)c(Cl)c2)cc1N. The Hall–Kier alpha value is -2.21. The molecule has 118 valence electrons. The number of rotatable bonds is 2. The molecular formula is C15H19ClN4O2. The number of aromatic nitrogens is 2. The average Bonchev–Trinajstić information content (AvgIpc) is 2.70. The number of nitrogen functional groups attached to an aromatic ring is 1. The van der Waals surface area contributed by atoms with Gasteiger partial charge < -0.3 is 10.5 Å². The first kappa shape index (κ1) is 16.2. The standard InChI is InChI=1S/C15H19ClN4O2/c1-15(2,3)22-14(21)18-11-6-5-9(7-10(11)16)12-8-13(17)20(4)19-12/h5-8H,17H2,1-4H3,(H,18,21). The number of nitrogens with one attached hydrogen (secondary N) is 1. The fourth-order valence-electron chi connectivity index (χ4n) is 1.81. The number of benzene rings is 1. The van der Waals surface area contributed by atoms with Gasteiger partial charge in [0, 0.05) is 18.7 Å². The van der Waals surface area contributed by atoms with Gasteiger partial charge in [0.25, 0.3) is 0 Å². The van der Waals surface area contributed by atoms with Crippen molar-refractivity contribution >= 4 is 29.2 Å².